The van der Waals surface area contributed by atoms with Gasteiger partial charge in [-0.05, 0) is 42.8 Å². The lowest BCUT2D eigenvalue weighted by Crippen LogP contribution is -2.28. The highest BCUT2D eigenvalue weighted by Gasteiger charge is 2.12. The van der Waals surface area contributed by atoms with Gasteiger partial charge >= 0.3 is 0 Å². The van der Waals surface area contributed by atoms with Gasteiger partial charge in [-0.3, -0.25) is 4.79 Å². The van der Waals surface area contributed by atoms with E-state index in [9.17, 15) is 4.79 Å². The minimum Gasteiger partial charge on any atom is -0.399 e. The van der Waals surface area contributed by atoms with Crippen LogP contribution in [0.5, 0.6) is 0 Å². The summed E-state index contributed by atoms with van der Waals surface area (Å²) in [6, 6.07) is 14.9. The highest BCUT2D eigenvalue weighted by molar-refractivity contribution is 8.00. The van der Waals surface area contributed by atoms with Crippen molar-refractivity contribution in [2.24, 2.45) is 0 Å². The largest absolute Gasteiger partial charge is 0.399 e. The number of benzene rings is 2. The van der Waals surface area contributed by atoms with Crippen molar-refractivity contribution in [2.45, 2.75) is 17.9 Å². The lowest BCUT2D eigenvalue weighted by atomic mass is 10.1. The lowest BCUT2D eigenvalue weighted by Gasteiger charge is -2.15. The molecule has 0 bridgehead atoms. The average Bonchev–Trinajstić information content (AvgIpc) is 2.47. The van der Waals surface area contributed by atoms with Gasteiger partial charge < -0.3 is 11.1 Å². The van der Waals surface area contributed by atoms with Crippen molar-refractivity contribution in [3.8, 4) is 0 Å². The number of rotatable bonds is 5. The second kappa shape index (κ2) is 7.38. The van der Waals surface area contributed by atoms with Crippen LogP contribution in [-0.2, 0) is 4.79 Å². The Balaban J connectivity index is 1.87. The fourth-order valence-electron chi connectivity index (χ4n) is 1.90. The zero-order valence-corrected chi connectivity index (χ0v) is 13.2. The van der Waals surface area contributed by atoms with Crippen LogP contribution in [0.3, 0.4) is 0 Å². The summed E-state index contributed by atoms with van der Waals surface area (Å²) in [4.78, 5) is 13.0. The normalized spacial score (nSPS) is 11.9. The fourth-order valence-corrected chi connectivity index (χ4v) is 2.91. The Morgan fingerprint density at radius 2 is 1.90 bits per heavy atom. The number of hydrogen-bond acceptors (Lipinski definition) is 3. The molecule has 0 saturated carbocycles. The summed E-state index contributed by atoms with van der Waals surface area (Å²) >= 11 is 7.60. The molecule has 2 aromatic rings. The number of halogens is 1. The molecule has 2 rings (SSSR count). The molecule has 3 N–H and O–H groups in total. The summed E-state index contributed by atoms with van der Waals surface area (Å²) in [7, 11) is 0. The second-order valence-electron chi connectivity index (χ2n) is 4.67. The van der Waals surface area contributed by atoms with Crippen LogP contribution in [0.15, 0.2) is 53.4 Å². The summed E-state index contributed by atoms with van der Waals surface area (Å²) in [5.41, 5.74) is 7.27. The smallest absolute Gasteiger partial charge is 0.230 e. The van der Waals surface area contributed by atoms with E-state index in [-0.39, 0.29) is 11.9 Å². The number of nitrogens with one attached hydrogen (secondary N) is 1. The van der Waals surface area contributed by atoms with Crippen LogP contribution >= 0.6 is 23.4 Å². The van der Waals surface area contributed by atoms with Gasteiger partial charge in [-0.2, -0.15) is 0 Å². The van der Waals surface area contributed by atoms with Crippen LogP contribution in [0, 0.1) is 0 Å². The Labute approximate surface area is 133 Å². The average molecular weight is 321 g/mol. The molecule has 0 aliphatic carbocycles. The van der Waals surface area contributed by atoms with Crippen LogP contribution in [0.25, 0.3) is 0 Å². The van der Waals surface area contributed by atoms with Gasteiger partial charge in [-0.1, -0.05) is 29.8 Å². The van der Waals surface area contributed by atoms with Crippen LogP contribution in [-0.4, -0.2) is 11.7 Å². The summed E-state index contributed by atoms with van der Waals surface area (Å²) in [5, 5.41) is 3.61. The second-order valence-corrected chi connectivity index (χ2v) is 6.12. The molecule has 1 atom stereocenters. The number of anilines is 1. The van der Waals surface area contributed by atoms with Crippen molar-refractivity contribution in [3.05, 3.63) is 59.1 Å². The molecule has 3 nitrogen and oxygen atoms in total. The molecule has 0 saturated heterocycles. The zero-order valence-electron chi connectivity index (χ0n) is 11.7. The van der Waals surface area contributed by atoms with Crippen LogP contribution < -0.4 is 11.1 Å². The number of thioether (sulfide) groups is 1. The van der Waals surface area contributed by atoms with E-state index in [0.717, 1.165) is 16.1 Å². The predicted octanol–water partition coefficient (Wildman–Crippen LogP) is 3.89. The van der Waals surface area contributed by atoms with Gasteiger partial charge in [-0.25, -0.2) is 0 Å². The molecular formula is C16H17ClN2OS. The van der Waals surface area contributed by atoms with Crippen molar-refractivity contribution >= 4 is 35.0 Å². The van der Waals surface area contributed by atoms with Crippen molar-refractivity contribution in [1.29, 1.82) is 0 Å². The van der Waals surface area contributed by atoms with Gasteiger partial charge in [0.2, 0.25) is 5.91 Å². The molecule has 0 spiro atoms. The fraction of sp³-hybridized carbons (Fsp3) is 0.188. The Hall–Kier alpha value is -1.65. The zero-order chi connectivity index (χ0) is 15.2. The van der Waals surface area contributed by atoms with Crippen molar-refractivity contribution in [3.63, 3.8) is 0 Å². The summed E-state index contributed by atoms with van der Waals surface area (Å²) in [6.07, 6.45) is 0. The first-order chi connectivity index (χ1) is 10.1. The van der Waals surface area contributed by atoms with E-state index in [2.05, 4.69) is 5.32 Å². The number of amides is 1. The third-order valence-corrected chi connectivity index (χ3v) is 4.36. The van der Waals surface area contributed by atoms with Crippen molar-refractivity contribution in [1.82, 2.24) is 5.32 Å². The Morgan fingerprint density at radius 3 is 2.57 bits per heavy atom. The first-order valence-electron chi connectivity index (χ1n) is 6.58. The van der Waals surface area contributed by atoms with Gasteiger partial charge in [0.25, 0.3) is 0 Å². The minimum absolute atomic E-state index is 0.0238. The predicted molar refractivity (Wildman–Crippen MR) is 89.6 cm³/mol. The maximum absolute atomic E-state index is 12.0. The van der Waals surface area contributed by atoms with Gasteiger partial charge in [-0.15, -0.1) is 11.8 Å². The van der Waals surface area contributed by atoms with E-state index in [4.69, 9.17) is 17.3 Å². The van der Waals surface area contributed by atoms with Crippen molar-refractivity contribution in [2.75, 3.05) is 11.5 Å². The topological polar surface area (TPSA) is 55.1 Å². The number of hydrogen-bond donors (Lipinski definition) is 2. The Kier molecular flexibility index (Phi) is 5.53. The highest BCUT2D eigenvalue weighted by Crippen LogP contribution is 2.23. The summed E-state index contributed by atoms with van der Waals surface area (Å²) < 4.78 is 0. The van der Waals surface area contributed by atoms with Crippen LogP contribution in [0.1, 0.15) is 18.5 Å². The third kappa shape index (κ3) is 4.69. The molecule has 1 amide bonds. The van der Waals surface area contributed by atoms with E-state index in [1.807, 2.05) is 55.5 Å². The molecule has 0 heterocycles. The number of nitrogen functional groups attached to an aromatic ring is 1. The molecular weight excluding hydrogens is 304 g/mol. The van der Waals surface area contributed by atoms with Crippen LogP contribution in [0.2, 0.25) is 5.02 Å². The van der Waals surface area contributed by atoms with Gasteiger partial charge in [0, 0.05) is 15.6 Å². The number of nitrogens with two attached hydrogens (primary N) is 1. The van der Waals surface area contributed by atoms with E-state index in [0.29, 0.717) is 10.8 Å². The van der Waals surface area contributed by atoms with Gasteiger partial charge in [0.1, 0.15) is 0 Å². The molecule has 21 heavy (non-hydrogen) atoms. The third-order valence-electron chi connectivity index (χ3n) is 3.00. The van der Waals surface area contributed by atoms with E-state index in [1.165, 1.54) is 11.8 Å². The summed E-state index contributed by atoms with van der Waals surface area (Å²) in [5.74, 6) is 0.336. The summed E-state index contributed by atoms with van der Waals surface area (Å²) in [6.45, 7) is 1.92. The first-order valence-corrected chi connectivity index (χ1v) is 7.95. The number of carbonyl (C=O) groups is 1. The molecule has 0 aliphatic heterocycles. The standard InChI is InChI=1S/C16H17ClN2OS/c1-11(14-4-2-3-5-15(14)17)19-16(20)10-21-13-8-6-12(18)7-9-13/h2-9,11H,10,18H2,1H3,(H,19,20). The van der Waals surface area contributed by atoms with Gasteiger partial charge in [0.05, 0.1) is 11.8 Å². The molecule has 5 heteroatoms. The Morgan fingerprint density at radius 1 is 1.24 bits per heavy atom. The quantitative estimate of drug-likeness (QED) is 0.649. The first kappa shape index (κ1) is 15.7. The van der Waals surface area contributed by atoms with Crippen LogP contribution in [0.4, 0.5) is 5.69 Å². The minimum atomic E-state index is -0.113. The monoisotopic (exact) mass is 320 g/mol. The Bertz CT molecular complexity index is 616. The van der Waals surface area contributed by atoms with E-state index < -0.39 is 0 Å². The molecule has 2 aromatic carbocycles. The van der Waals surface area contributed by atoms with E-state index >= 15 is 0 Å². The molecule has 0 aromatic heterocycles. The molecule has 110 valence electrons. The maximum atomic E-state index is 12.0. The highest BCUT2D eigenvalue weighted by atomic mass is 35.5. The van der Waals surface area contributed by atoms with Gasteiger partial charge in [0.15, 0.2) is 0 Å². The van der Waals surface area contributed by atoms with E-state index in [1.54, 1.807) is 0 Å². The molecule has 0 radical (unpaired) electrons. The SMILES string of the molecule is CC(NC(=O)CSc1ccc(N)cc1)c1ccccc1Cl. The maximum Gasteiger partial charge on any atom is 0.230 e. The van der Waals surface area contributed by atoms with Crippen molar-refractivity contribution < 1.29 is 4.79 Å². The molecule has 0 aliphatic rings. The lowest BCUT2D eigenvalue weighted by molar-refractivity contribution is -0.119. The molecule has 1 unspecified atom stereocenters. The molecule has 0 fully saturated rings. The number of carbonyl (C=O) groups excluding carboxylic acids is 1.